The lowest BCUT2D eigenvalue weighted by molar-refractivity contribution is -0.165. The maximum absolute atomic E-state index is 12.8. The van der Waals surface area contributed by atoms with Gasteiger partial charge in [0.05, 0.1) is 10.4 Å². The average Bonchev–Trinajstić information content (AvgIpc) is 2.83. The van der Waals surface area contributed by atoms with E-state index in [2.05, 4.69) is 36.5 Å². The number of amides is 1. The molecule has 1 fully saturated rings. The number of alkyl carbamates (subject to hydrolysis) is 1. The first-order valence-corrected chi connectivity index (χ1v) is 11.8. The fraction of sp³-hybridized carbons (Fsp3) is 0.240. The van der Waals surface area contributed by atoms with Crippen LogP contribution >= 0.6 is 15.9 Å². The smallest absolute Gasteiger partial charge is 0.408 e. The maximum atomic E-state index is 12.8. The molecule has 10 heteroatoms. The Morgan fingerprint density at radius 2 is 1.69 bits per heavy atom. The van der Waals surface area contributed by atoms with Crippen LogP contribution in [-0.4, -0.2) is 47.1 Å². The Balaban J connectivity index is 1.42. The fourth-order valence-electron chi connectivity index (χ4n) is 3.30. The topological polar surface area (TPSA) is 120 Å². The van der Waals surface area contributed by atoms with Crippen molar-refractivity contribution in [1.82, 2.24) is 20.6 Å². The summed E-state index contributed by atoms with van der Waals surface area (Å²) in [5.74, 6) is -1.26. The van der Waals surface area contributed by atoms with E-state index in [9.17, 15) is 14.4 Å². The summed E-state index contributed by atoms with van der Waals surface area (Å²) in [6.07, 6.45) is 2.63. The van der Waals surface area contributed by atoms with E-state index < -0.39 is 24.1 Å². The summed E-state index contributed by atoms with van der Waals surface area (Å²) in [6.45, 7) is 0.967. The molecule has 1 saturated heterocycles. The van der Waals surface area contributed by atoms with Gasteiger partial charge in [-0.25, -0.2) is 19.6 Å². The van der Waals surface area contributed by atoms with E-state index in [1.54, 1.807) is 24.5 Å². The Morgan fingerprint density at radius 1 is 1.00 bits per heavy atom. The lowest BCUT2D eigenvalue weighted by Gasteiger charge is -2.25. The first-order valence-electron chi connectivity index (χ1n) is 11.0. The Hall–Kier alpha value is -3.63. The van der Waals surface area contributed by atoms with Gasteiger partial charge >= 0.3 is 18.0 Å². The molecule has 0 saturated carbocycles. The van der Waals surface area contributed by atoms with Crippen molar-refractivity contribution in [2.24, 2.45) is 5.92 Å². The first kappa shape index (κ1) is 24.5. The standard InChI is InChI=1S/C25H23BrN4O5/c26-20-13-28-22(29-14-20)18-8-6-16(7-9-18)10-21(24(32)35-23(31)19-11-27-12-19)30-25(33)34-15-17-4-2-1-3-5-17/h1-9,13-14,19,21,27H,10-12,15H2,(H,30,33)/t21-/m0/s1. The Labute approximate surface area is 210 Å². The zero-order valence-electron chi connectivity index (χ0n) is 18.6. The minimum atomic E-state index is -1.11. The fourth-order valence-corrected chi connectivity index (χ4v) is 3.50. The first-order chi connectivity index (χ1) is 17.0. The molecule has 2 heterocycles. The molecule has 1 aliphatic heterocycles. The predicted molar refractivity (Wildman–Crippen MR) is 130 cm³/mol. The molecule has 0 radical (unpaired) electrons. The van der Waals surface area contributed by atoms with E-state index in [0.29, 0.717) is 18.9 Å². The van der Waals surface area contributed by atoms with E-state index in [0.717, 1.165) is 21.2 Å². The average molecular weight is 539 g/mol. The van der Waals surface area contributed by atoms with Gasteiger partial charge in [0, 0.05) is 37.5 Å². The van der Waals surface area contributed by atoms with Crippen molar-refractivity contribution in [2.45, 2.75) is 19.1 Å². The molecule has 1 amide bonds. The largest absolute Gasteiger partial charge is 0.445 e. The Morgan fingerprint density at radius 3 is 2.31 bits per heavy atom. The monoisotopic (exact) mass is 538 g/mol. The minimum absolute atomic E-state index is 0.0446. The summed E-state index contributed by atoms with van der Waals surface area (Å²) in [6, 6.07) is 15.3. The minimum Gasteiger partial charge on any atom is -0.445 e. The van der Waals surface area contributed by atoms with Crippen molar-refractivity contribution in [3.8, 4) is 11.4 Å². The van der Waals surface area contributed by atoms with Crippen molar-refractivity contribution < 1.29 is 23.9 Å². The number of halogens is 1. The SMILES string of the molecule is O=C(N[C@@H](Cc1ccc(-c2ncc(Br)cn2)cc1)C(=O)OC(=O)C1CNC1)OCc1ccccc1. The van der Waals surface area contributed by atoms with Crippen LogP contribution in [-0.2, 0) is 32.1 Å². The highest BCUT2D eigenvalue weighted by molar-refractivity contribution is 9.10. The van der Waals surface area contributed by atoms with Gasteiger partial charge in [0.1, 0.15) is 12.6 Å². The third-order valence-electron chi connectivity index (χ3n) is 5.38. The second-order valence-corrected chi connectivity index (χ2v) is 8.90. The quantitative estimate of drug-likeness (QED) is 0.331. The van der Waals surface area contributed by atoms with Crippen LogP contribution in [0, 0.1) is 5.92 Å². The van der Waals surface area contributed by atoms with E-state index in [4.69, 9.17) is 9.47 Å². The van der Waals surface area contributed by atoms with Gasteiger partial charge in [-0.2, -0.15) is 0 Å². The van der Waals surface area contributed by atoms with E-state index >= 15 is 0 Å². The van der Waals surface area contributed by atoms with Gasteiger partial charge in [0.15, 0.2) is 5.82 Å². The summed E-state index contributed by atoms with van der Waals surface area (Å²) in [5, 5.41) is 5.49. The van der Waals surface area contributed by atoms with Gasteiger partial charge in [-0.05, 0) is 27.1 Å². The van der Waals surface area contributed by atoms with Crippen molar-refractivity contribution in [3.05, 3.63) is 82.6 Å². The summed E-state index contributed by atoms with van der Waals surface area (Å²) in [5.41, 5.74) is 2.34. The number of nitrogens with zero attached hydrogens (tertiary/aromatic N) is 2. The molecule has 1 aromatic heterocycles. The molecule has 0 bridgehead atoms. The molecule has 4 rings (SSSR count). The number of hydrogen-bond acceptors (Lipinski definition) is 8. The molecule has 3 aromatic rings. The number of rotatable bonds is 8. The van der Waals surface area contributed by atoms with Crippen LogP contribution in [0.2, 0.25) is 0 Å². The molecule has 35 heavy (non-hydrogen) atoms. The molecule has 2 aromatic carbocycles. The molecule has 180 valence electrons. The maximum Gasteiger partial charge on any atom is 0.408 e. The molecule has 0 aliphatic carbocycles. The van der Waals surface area contributed by atoms with Gasteiger partial charge in [-0.15, -0.1) is 0 Å². The third kappa shape index (κ3) is 6.93. The van der Waals surface area contributed by atoms with Gasteiger partial charge in [-0.3, -0.25) is 4.79 Å². The van der Waals surface area contributed by atoms with E-state index in [1.165, 1.54) is 0 Å². The highest BCUT2D eigenvalue weighted by atomic mass is 79.9. The number of benzene rings is 2. The van der Waals surface area contributed by atoms with Crippen LogP contribution in [0.4, 0.5) is 4.79 Å². The van der Waals surface area contributed by atoms with Gasteiger partial charge in [0.2, 0.25) is 0 Å². The number of carbonyl (C=O) groups is 3. The van der Waals surface area contributed by atoms with Crippen LogP contribution in [0.15, 0.2) is 71.5 Å². The molecule has 2 N–H and O–H groups in total. The van der Waals surface area contributed by atoms with Crippen molar-refractivity contribution >= 4 is 34.0 Å². The van der Waals surface area contributed by atoms with Crippen LogP contribution in [0.25, 0.3) is 11.4 Å². The number of aromatic nitrogens is 2. The highest BCUT2D eigenvalue weighted by Gasteiger charge is 2.32. The van der Waals surface area contributed by atoms with Crippen LogP contribution in [0.5, 0.6) is 0 Å². The van der Waals surface area contributed by atoms with Crippen LogP contribution in [0.3, 0.4) is 0 Å². The van der Waals surface area contributed by atoms with Gasteiger partial charge in [0.25, 0.3) is 0 Å². The molecule has 1 atom stereocenters. The Kier molecular flexibility index (Phi) is 8.17. The zero-order chi connectivity index (χ0) is 24.6. The molecule has 0 unspecified atom stereocenters. The van der Waals surface area contributed by atoms with E-state index in [-0.39, 0.29) is 18.9 Å². The zero-order valence-corrected chi connectivity index (χ0v) is 20.2. The predicted octanol–water partition coefficient (Wildman–Crippen LogP) is 3.03. The highest BCUT2D eigenvalue weighted by Crippen LogP contribution is 2.18. The van der Waals surface area contributed by atoms with Crippen molar-refractivity contribution in [1.29, 1.82) is 0 Å². The number of esters is 2. The lowest BCUT2D eigenvalue weighted by Crippen LogP contribution is -2.50. The summed E-state index contributed by atoms with van der Waals surface area (Å²) < 4.78 is 11.1. The van der Waals surface area contributed by atoms with Gasteiger partial charge in [-0.1, -0.05) is 54.6 Å². The van der Waals surface area contributed by atoms with Crippen molar-refractivity contribution in [2.75, 3.05) is 13.1 Å². The lowest BCUT2D eigenvalue weighted by atomic mass is 10.0. The summed E-state index contributed by atoms with van der Waals surface area (Å²) >= 11 is 3.31. The van der Waals surface area contributed by atoms with Crippen molar-refractivity contribution in [3.63, 3.8) is 0 Å². The molecule has 1 aliphatic rings. The van der Waals surface area contributed by atoms with Crippen LogP contribution in [0.1, 0.15) is 11.1 Å². The number of hydrogen-bond donors (Lipinski definition) is 2. The van der Waals surface area contributed by atoms with E-state index in [1.807, 2.05) is 42.5 Å². The summed E-state index contributed by atoms with van der Waals surface area (Å²) in [4.78, 5) is 45.9. The number of ether oxygens (including phenoxy) is 2. The summed E-state index contributed by atoms with van der Waals surface area (Å²) in [7, 11) is 0. The molecule has 9 nitrogen and oxygen atoms in total. The number of nitrogens with one attached hydrogen (secondary N) is 2. The molecular weight excluding hydrogens is 516 g/mol. The second-order valence-electron chi connectivity index (χ2n) is 7.98. The molecule has 0 spiro atoms. The normalized spacial score (nSPS) is 13.9. The molecular formula is C25H23BrN4O5. The Bertz CT molecular complexity index is 1170. The van der Waals surface area contributed by atoms with Crippen LogP contribution < -0.4 is 10.6 Å². The second kappa shape index (κ2) is 11.7. The van der Waals surface area contributed by atoms with Gasteiger partial charge < -0.3 is 20.1 Å². The number of carbonyl (C=O) groups excluding carboxylic acids is 3. The third-order valence-corrected chi connectivity index (χ3v) is 5.79.